The highest BCUT2D eigenvalue weighted by atomic mass is 32.1. The molecule has 2 rings (SSSR count). The van der Waals surface area contributed by atoms with Crippen LogP contribution in [0.15, 0.2) is 24.3 Å². The minimum absolute atomic E-state index is 0.0929. The van der Waals surface area contributed by atoms with Gasteiger partial charge in [-0.3, -0.25) is 39.0 Å². The summed E-state index contributed by atoms with van der Waals surface area (Å²) in [4.78, 5) is 91.5. The largest absolute Gasteiger partial charge is 0.481 e. The molecule has 2 aromatic rings. The highest BCUT2D eigenvalue weighted by Gasteiger charge is 2.32. The van der Waals surface area contributed by atoms with Gasteiger partial charge in [0, 0.05) is 26.3 Å². The minimum Gasteiger partial charge on any atom is -0.481 e. The summed E-state index contributed by atoms with van der Waals surface area (Å²) >= 11 is 1.13. The molecule has 17 nitrogen and oxygen atoms in total. The molecule has 0 spiro atoms. The molecule has 4 atom stereocenters. The molecule has 0 aliphatic heterocycles. The van der Waals surface area contributed by atoms with E-state index in [9.17, 15) is 33.6 Å². The second-order valence-electron chi connectivity index (χ2n) is 10.4. The van der Waals surface area contributed by atoms with Gasteiger partial charge in [-0.2, -0.15) is 0 Å². The smallest absolute Gasteiger partial charge is 0.303 e. The molecule has 1 unspecified atom stereocenters. The fraction of sp³-hybridized carbons (Fsp3) is 0.464. The molecular formula is C28H39N9O8S. The van der Waals surface area contributed by atoms with E-state index >= 15 is 0 Å². The second-order valence-corrected chi connectivity index (χ2v) is 11.4. The SMILES string of the molecule is CC(=O)N[C@@H](C)C(=O)N[C@@H](CCC(=O)O)C(=O)N[C@@H](CCC(N)=O)C(=O)NC(CCCNC(=N)N)C(=O)c1nc2ccccc2s1. The number of benzene rings is 1. The van der Waals surface area contributed by atoms with Gasteiger partial charge >= 0.3 is 5.97 Å². The maximum absolute atomic E-state index is 13.6. The van der Waals surface area contributed by atoms with Gasteiger partial charge in [0.05, 0.1) is 16.3 Å². The van der Waals surface area contributed by atoms with Crippen molar-refractivity contribution < 1.29 is 38.7 Å². The fourth-order valence-corrected chi connectivity index (χ4v) is 5.19. The van der Waals surface area contributed by atoms with Crippen molar-refractivity contribution in [1.82, 2.24) is 31.6 Å². The molecular weight excluding hydrogens is 622 g/mol. The third-order valence-electron chi connectivity index (χ3n) is 6.53. The summed E-state index contributed by atoms with van der Waals surface area (Å²) in [6.45, 7) is 2.77. The van der Waals surface area contributed by atoms with Crippen molar-refractivity contribution in [3.63, 3.8) is 0 Å². The third kappa shape index (κ3) is 12.5. The van der Waals surface area contributed by atoms with Crippen LogP contribution in [0.3, 0.4) is 0 Å². The number of nitrogens with two attached hydrogens (primary N) is 2. The molecule has 1 aromatic carbocycles. The summed E-state index contributed by atoms with van der Waals surface area (Å²) in [5, 5.41) is 29.0. The molecule has 250 valence electrons. The molecule has 0 saturated carbocycles. The zero-order valence-corrected chi connectivity index (χ0v) is 26.2. The Kier molecular flexibility index (Phi) is 14.5. The maximum atomic E-state index is 13.6. The van der Waals surface area contributed by atoms with Crippen LogP contribution >= 0.6 is 11.3 Å². The van der Waals surface area contributed by atoms with E-state index in [-0.39, 0.29) is 43.2 Å². The maximum Gasteiger partial charge on any atom is 0.303 e. The Balaban J connectivity index is 2.30. The summed E-state index contributed by atoms with van der Waals surface area (Å²) in [5.41, 5.74) is 11.2. The number of para-hydroxylation sites is 1. The Morgan fingerprint density at radius 2 is 1.46 bits per heavy atom. The van der Waals surface area contributed by atoms with Crippen molar-refractivity contribution in [2.45, 2.75) is 76.5 Å². The number of carboxylic acid groups (broad SMARTS) is 1. The lowest BCUT2D eigenvalue weighted by Gasteiger charge is -2.25. The first-order chi connectivity index (χ1) is 21.7. The van der Waals surface area contributed by atoms with Crippen LogP contribution in [0.2, 0.25) is 0 Å². The Hall–Kier alpha value is -5.13. The number of guanidine groups is 1. The van der Waals surface area contributed by atoms with Gasteiger partial charge in [0.1, 0.15) is 18.1 Å². The first-order valence-corrected chi connectivity index (χ1v) is 15.2. The minimum atomic E-state index is -1.43. The van der Waals surface area contributed by atoms with Gasteiger partial charge in [0.15, 0.2) is 11.0 Å². The highest BCUT2D eigenvalue weighted by Crippen LogP contribution is 2.23. The zero-order valence-electron chi connectivity index (χ0n) is 25.4. The molecule has 0 saturated heterocycles. The van der Waals surface area contributed by atoms with Gasteiger partial charge in [-0.05, 0) is 44.7 Å². The van der Waals surface area contributed by atoms with Gasteiger partial charge < -0.3 is 43.2 Å². The number of primary amides is 1. The summed E-state index contributed by atoms with van der Waals surface area (Å²) in [7, 11) is 0. The number of aliphatic carboxylic acids is 1. The Morgan fingerprint density at radius 1 is 0.870 bits per heavy atom. The normalized spacial score (nSPS) is 13.3. The van der Waals surface area contributed by atoms with E-state index in [0.29, 0.717) is 11.9 Å². The van der Waals surface area contributed by atoms with Crippen LogP contribution in [0, 0.1) is 5.41 Å². The molecule has 46 heavy (non-hydrogen) atoms. The lowest BCUT2D eigenvalue weighted by molar-refractivity contribution is -0.138. The van der Waals surface area contributed by atoms with E-state index in [1.165, 1.54) is 13.8 Å². The van der Waals surface area contributed by atoms with Crippen LogP contribution in [-0.4, -0.2) is 88.1 Å². The van der Waals surface area contributed by atoms with Crippen molar-refractivity contribution in [3.8, 4) is 0 Å². The van der Waals surface area contributed by atoms with Crippen molar-refractivity contribution in [2.24, 2.45) is 11.5 Å². The van der Waals surface area contributed by atoms with Crippen molar-refractivity contribution >= 4 is 68.8 Å². The van der Waals surface area contributed by atoms with Crippen LogP contribution in [-0.2, 0) is 28.8 Å². The molecule has 18 heteroatoms. The number of nitrogens with zero attached hydrogens (tertiary/aromatic N) is 1. The number of amides is 5. The van der Waals surface area contributed by atoms with Gasteiger partial charge in [0.25, 0.3) is 0 Å². The van der Waals surface area contributed by atoms with Crippen molar-refractivity contribution in [3.05, 3.63) is 29.3 Å². The van der Waals surface area contributed by atoms with Crippen LogP contribution in [0.5, 0.6) is 0 Å². The molecule has 11 N–H and O–H groups in total. The zero-order chi connectivity index (χ0) is 34.4. The summed E-state index contributed by atoms with van der Waals surface area (Å²) in [5.74, 6) is -5.87. The van der Waals surface area contributed by atoms with E-state index in [1.54, 1.807) is 24.3 Å². The van der Waals surface area contributed by atoms with Gasteiger partial charge in [-0.25, -0.2) is 4.98 Å². The lowest BCUT2D eigenvalue weighted by atomic mass is 10.0. The Bertz CT molecular complexity index is 1430. The second kappa shape index (κ2) is 18.0. The van der Waals surface area contributed by atoms with E-state index < -0.39 is 71.9 Å². The topological polar surface area (TPSA) is 289 Å². The predicted octanol–water partition coefficient (Wildman–Crippen LogP) is -1.15. The molecule has 0 fully saturated rings. The number of nitrogens with one attached hydrogen (secondary N) is 6. The average Bonchev–Trinajstić information content (AvgIpc) is 3.42. The third-order valence-corrected chi connectivity index (χ3v) is 7.58. The van der Waals surface area contributed by atoms with Crippen molar-refractivity contribution in [1.29, 1.82) is 5.41 Å². The summed E-state index contributed by atoms with van der Waals surface area (Å²) in [6, 6.07) is 2.05. The standard InChI is InChI=1S/C28H39N9O8S/c1-14(33-15(2)38)24(43)35-19(10-12-22(40)41)26(45)36-18(9-11-21(29)39)25(44)34-17(7-5-13-32-28(30)31)23(42)27-37-16-6-3-4-8-20(16)46-27/h3-4,6,8,14,17-19H,5,7,9-13H2,1-2H3,(H2,29,39)(H,33,38)(H,34,44)(H,35,43)(H,36,45)(H,40,41)(H4,30,31,32)/t14-,17?,18-,19-/m0/s1. The van der Waals surface area contributed by atoms with Gasteiger partial charge in [-0.15, -0.1) is 11.3 Å². The lowest BCUT2D eigenvalue weighted by Crippen LogP contribution is -2.57. The molecule has 0 aliphatic rings. The first-order valence-electron chi connectivity index (χ1n) is 14.3. The summed E-state index contributed by atoms with van der Waals surface area (Å²) < 4.78 is 0.753. The Morgan fingerprint density at radius 3 is 2.02 bits per heavy atom. The van der Waals surface area contributed by atoms with Crippen LogP contribution < -0.4 is 38.1 Å². The average molecular weight is 662 g/mol. The van der Waals surface area contributed by atoms with E-state index in [0.717, 1.165) is 16.0 Å². The number of rotatable bonds is 19. The van der Waals surface area contributed by atoms with E-state index in [4.69, 9.17) is 22.0 Å². The number of carbonyl (C=O) groups is 7. The van der Waals surface area contributed by atoms with Crippen LogP contribution in [0.25, 0.3) is 10.2 Å². The molecule has 1 aromatic heterocycles. The number of fused-ring (bicyclic) bond motifs is 1. The Labute approximate surface area is 268 Å². The number of ketones is 1. The number of carboxylic acids is 1. The number of Topliss-reactive ketones (excluding diaryl/α,β-unsaturated/α-hetero) is 1. The van der Waals surface area contributed by atoms with E-state index in [1.807, 2.05) is 0 Å². The molecule has 1 heterocycles. The van der Waals surface area contributed by atoms with Gasteiger partial charge in [-0.1, -0.05) is 12.1 Å². The van der Waals surface area contributed by atoms with E-state index in [2.05, 4.69) is 31.6 Å². The summed E-state index contributed by atoms with van der Waals surface area (Å²) in [6.07, 6.45) is -1.08. The first kappa shape index (κ1) is 37.1. The monoisotopic (exact) mass is 661 g/mol. The molecule has 0 radical (unpaired) electrons. The molecule has 5 amide bonds. The number of aromatic nitrogens is 1. The van der Waals surface area contributed by atoms with Crippen molar-refractivity contribution in [2.75, 3.05) is 6.54 Å². The predicted molar refractivity (Wildman–Crippen MR) is 167 cm³/mol. The van der Waals surface area contributed by atoms with Gasteiger partial charge in [0.2, 0.25) is 35.3 Å². The highest BCUT2D eigenvalue weighted by molar-refractivity contribution is 7.20. The quantitative estimate of drug-likeness (QED) is 0.0375. The number of carbonyl (C=O) groups excluding carboxylic acids is 6. The fourth-order valence-electron chi connectivity index (χ4n) is 4.23. The molecule has 0 bridgehead atoms. The van der Waals surface area contributed by atoms with Crippen LogP contribution in [0.4, 0.5) is 0 Å². The number of hydrogen-bond donors (Lipinski definition) is 9. The van der Waals surface area contributed by atoms with Crippen LogP contribution in [0.1, 0.15) is 62.2 Å². The number of thiazole rings is 1. The number of hydrogen-bond acceptors (Lipinski definition) is 10. The molecule has 0 aliphatic carbocycles.